The SMILES string of the molecule is O=C(Cn1nc(C2CC2)cc1C(F)F)Nc1ccc([N+](=O)[O-])cc1O. The first-order chi connectivity index (χ1) is 11.8. The molecule has 0 unspecified atom stereocenters. The number of nitrogens with one attached hydrogen (secondary N) is 1. The molecule has 2 aromatic rings. The van der Waals surface area contributed by atoms with E-state index in [1.807, 2.05) is 0 Å². The van der Waals surface area contributed by atoms with Crippen LogP contribution < -0.4 is 5.32 Å². The fourth-order valence-corrected chi connectivity index (χ4v) is 2.40. The van der Waals surface area contributed by atoms with E-state index in [4.69, 9.17) is 0 Å². The van der Waals surface area contributed by atoms with E-state index < -0.39 is 29.6 Å². The van der Waals surface area contributed by atoms with Crippen LogP contribution in [0.2, 0.25) is 0 Å². The number of nitro benzene ring substituents is 1. The number of carbonyl (C=O) groups is 1. The molecule has 132 valence electrons. The van der Waals surface area contributed by atoms with Gasteiger partial charge < -0.3 is 10.4 Å². The molecule has 1 aliphatic carbocycles. The Morgan fingerprint density at radius 2 is 2.16 bits per heavy atom. The van der Waals surface area contributed by atoms with Gasteiger partial charge in [-0.3, -0.25) is 19.6 Å². The largest absolute Gasteiger partial charge is 0.506 e. The molecule has 0 saturated heterocycles. The number of hydrogen-bond acceptors (Lipinski definition) is 5. The van der Waals surface area contributed by atoms with Crippen molar-refractivity contribution in [2.45, 2.75) is 31.7 Å². The van der Waals surface area contributed by atoms with E-state index in [1.165, 1.54) is 6.07 Å². The molecule has 25 heavy (non-hydrogen) atoms. The molecule has 1 aliphatic rings. The van der Waals surface area contributed by atoms with Crippen molar-refractivity contribution in [3.05, 3.63) is 45.8 Å². The van der Waals surface area contributed by atoms with Gasteiger partial charge in [-0.15, -0.1) is 0 Å². The van der Waals surface area contributed by atoms with Crippen LogP contribution in [0.25, 0.3) is 0 Å². The van der Waals surface area contributed by atoms with Crippen molar-refractivity contribution in [1.29, 1.82) is 0 Å². The number of halogens is 2. The van der Waals surface area contributed by atoms with Crippen molar-refractivity contribution in [2.24, 2.45) is 0 Å². The van der Waals surface area contributed by atoms with E-state index in [1.54, 1.807) is 0 Å². The average molecular weight is 352 g/mol. The highest BCUT2D eigenvalue weighted by Gasteiger charge is 2.29. The van der Waals surface area contributed by atoms with Gasteiger partial charge in [0.2, 0.25) is 5.91 Å². The number of benzene rings is 1. The predicted octanol–water partition coefficient (Wildman–Crippen LogP) is 2.95. The van der Waals surface area contributed by atoms with Crippen LogP contribution in [0.4, 0.5) is 20.2 Å². The minimum atomic E-state index is -2.76. The van der Waals surface area contributed by atoms with E-state index >= 15 is 0 Å². The molecule has 1 aromatic carbocycles. The Kier molecular flexibility index (Phi) is 4.34. The topological polar surface area (TPSA) is 110 Å². The zero-order valence-electron chi connectivity index (χ0n) is 12.9. The lowest BCUT2D eigenvalue weighted by Gasteiger charge is -2.09. The monoisotopic (exact) mass is 352 g/mol. The van der Waals surface area contributed by atoms with Gasteiger partial charge in [-0.2, -0.15) is 5.10 Å². The maximum absolute atomic E-state index is 13.1. The number of aromatic nitrogens is 2. The number of phenolic OH excluding ortho intramolecular Hbond substituents is 1. The standard InChI is InChI=1S/C15H14F2N4O4/c16-15(17)12-6-11(8-1-2-8)19-20(12)7-14(23)18-10-4-3-9(21(24)25)5-13(10)22/h3-6,8,15,22H,1-2,7H2,(H,18,23). The predicted molar refractivity (Wildman–Crippen MR) is 82.5 cm³/mol. The molecule has 0 bridgehead atoms. The molecule has 0 aliphatic heterocycles. The Bertz CT molecular complexity index is 833. The number of amides is 1. The normalized spacial score (nSPS) is 13.9. The summed E-state index contributed by atoms with van der Waals surface area (Å²) in [6.07, 6.45) is -0.981. The number of phenols is 1. The summed E-state index contributed by atoms with van der Waals surface area (Å²) in [5.74, 6) is -1.01. The lowest BCUT2D eigenvalue weighted by atomic mass is 10.2. The summed E-state index contributed by atoms with van der Waals surface area (Å²) in [4.78, 5) is 22.0. The molecular weight excluding hydrogens is 338 g/mol. The molecular formula is C15H14F2N4O4. The summed E-state index contributed by atoms with van der Waals surface area (Å²) in [5.41, 5.74) is -0.188. The Morgan fingerprint density at radius 1 is 1.44 bits per heavy atom. The maximum Gasteiger partial charge on any atom is 0.280 e. The van der Waals surface area contributed by atoms with Gasteiger partial charge in [0.15, 0.2) is 0 Å². The number of carbonyl (C=O) groups excluding carboxylic acids is 1. The first-order valence-electron chi connectivity index (χ1n) is 7.48. The second-order valence-corrected chi connectivity index (χ2v) is 5.73. The average Bonchev–Trinajstić information content (AvgIpc) is 3.30. The first-order valence-corrected chi connectivity index (χ1v) is 7.48. The molecule has 1 saturated carbocycles. The number of non-ortho nitro benzene ring substituents is 1. The summed E-state index contributed by atoms with van der Waals surface area (Å²) < 4.78 is 27.1. The van der Waals surface area contributed by atoms with Crippen molar-refractivity contribution < 1.29 is 23.6 Å². The smallest absolute Gasteiger partial charge is 0.280 e. The molecule has 10 heteroatoms. The molecule has 1 amide bonds. The number of anilines is 1. The van der Waals surface area contributed by atoms with Gasteiger partial charge in [0.05, 0.1) is 22.4 Å². The second kappa shape index (κ2) is 6.46. The zero-order chi connectivity index (χ0) is 18.1. The third kappa shape index (κ3) is 3.73. The Hall–Kier alpha value is -3.04. The highest BCUT2D eigenvalue weighted by Crippen LogP contribution is 2.40. The van der Waals surface area contributed by atoms with Gasteiger partial charge in [-0.25, -0.2) is 8.78 Å². The Morgan fingerprint density at radius 3 is 2.72 bits per heavy atom. The summed E-state index contributed by atoms with van der Waals surface area (Å²) in [7, 11) is 0. The molecule has 1 aromatic heterocycles. The summed E-state index contributed by atoms with van der Waals surface area (Å²) in [6, 6.07) is 4.47. The van der Waals surface area contributed by atoms with Gasteiger partial charge in [0, 0.05) is 12.0 Å². The van der Waals surface area contributed by atoms with Crippen molar-refractivity contribution in [1.82, 2.24) is 9.78 Å². The zero-order valence-corrected chi connectivity index (χ0v) is 12.9. The highest BCUT2D eigenvalue weighted by molar-refractivity contribution is 5.92. The van der Waals surface area contributed by atoms with Gasteiger partial charge in [-0.1, -0.05) is 0 Å². The van der Waals surface area contributed by atoms with Gasteiger partial charge in [0.1, 0.15) is 18.0 Å². The van der Waals surface area contributed by atoms with E-state index in [-0.39, 0.29) is 23.0 Å². The van der Waals surface area contributed by atoms with Crippen LogP contribution in [-0.4, -0.2) is 25.7 Å². The highest BCUT2D eigenvalue weighted by atomic mass is 19.3. The van der Waals surface area contributed by atoms with Crippen LogP contribution in [0.5, 0.6) is 5.75 Å². The molecule has 1 fully saturated rings. The maximum atomic E-state index is 13.1. The summed E-state index contributed by atoms with van der Waals surface area (Å²) in [6.45, 7) is -0.456. The van der Waals surface area contributed by atoms with Crippen LogP contribution in [0.1, 0.15) is 36.6 Å². The van der Waals surface area contributed by atoms with Crippen molar-refractivity contribution in [3.8, 4) is 5.75 Å². The van der Waals surface area contributed by atoms with Crippen molar-refractivity contribution in [3.63, 3.8) is 0 Å². The number of nitrogens with zero attached hydrogens (tertiary/aromatic N) is 3. The van der Waals surface area contributed by atoms with Gasteiger partial charge in [-0.05, 0) is 25.0 Å². The third-order valence-corrected chi connectivity index (χ3v) is 3.81. The minimum absolute atomic E-state index is 0.0521. The fraction of sp³-hybridized carbons (Fsp3) is 0.333. The van der Waals surface area contributed by atoms with Gasteiger partial charge >= 0.3 is 0 Å². The van der Waals surface area contributed by atoms with Crippen molar-refractivity contribution >= 4 is 17.3 Å². The molecule has 3 rings (SSSR count). The van der Waals surface area contributed by atoms with E-state index in [0.29, 0.717) is 5.69 Å². The Balaban J connectivity index is 1.73. The number of nitro groups is 1. The minimum Gasteiger partial charge on any atom is -0.506 e. The lowest BCUT2D eigenvalue weighted by Crippen LogP contribution is -2.21. The lowest BCUT2D eigenvalue weighted by molar-refractivity contribution is -0.384. The number of rotatable bonds is 6. The number of alkyl halides is 2. The number of aromatic hydroxyl groups is 1. The van der Waals surface area contributed by atoms with Crippen LogP contribution in [0, 0.1) is 10.1 Å². The van der Waals surface area contributed by atoms with Gasteiger partial charge in [0.25, 0.3) is 12.1 Å². The van der Waals surface area contributed by atoms with E-state index in [0.717, 1.165) is 35.7 Å². The first kappa shape index (κ1) is 16.8. The molecule has 2 N–H and O–H groups in total. The molecule has 1 heterocycles. The molecule has 0 atom stereocenters. The molecule has 0 radical (unpaired) electrons. The summed E-state index contributed by atoms with van der Waals surface area (Å²) >= 11 is 0. The third-order valence-electron chi connectivity index (χ3n) is 3.81. The van der Waals surface area contributed by atoms with Crippen molar-refractivity contribution in [2.75, 3.05) is 5.32 Å². The molecule has 8 nitrogen and oxygen atoms in total. The Labute approximate surface area is 140 Å². The van der Waals surface area contributed by atoms with Crippen LogP contribution in [0.15, 0.2) is 24.3 Å². The quantitative estimate of drug-likeness (QED) is 0.472. The molecule has 0 spiro atoms. The van der Waals surface area contributed by atoms with Crippen LogP contribution in [0.3, 0.4) is 0 Å². The van der Waals surface area contributed by atoms with E-state index in [2.05, 4.69) is 10.4 Å². The summed E-state index contributed by atoms with van der Waals surface area (Å²) in [5, 5.41) is 26.7. The number of hydrogen-bond donors (Lipinski definition) is 2. The van der Waals surface area contributed by atoms with E-state index in [9.17, 15) is 28.8 Å². The second-order valence-electron chi connectivity index (χ2n) is 5.73. The van der Waals surface area contributed by atoms with Crippen LogP contribution >= 0.6 is 0 Å². The van der Waals surface area contributed by atoms with Crippen LogP contribution in [-0.2, 0) is 11.3 Å². The fourth-order valence-electron chi connectivity index (χ4n) is 2.40.